The average molecular weight is 405 g/mol. The van der Waals surface area contributed by atoms with Crippen molar-refractivity contribution in [1.29, 1.82) is 0 Å². The van der Waals surface area contributed by atoms with E-state index in [0.717, 1.165) is 12.0 Å². The van der Waals surface area contributed by atoms with Crippen LogP contribution in [0.1, 0.15) is 28.0 Å². The number of aliphatic carboxylic acids is 1. The van der Waals surface area contributed by atoms with Gasteiger partial charge in [-0.2, -0.15) is 0 Å². The van der Waals surface area contributed by atoms with Crippen molar-refractivity contribution in [2.45, 2.75) is 13.0 Å². The van der Waals surface area contributed by atoms with Gasteiger partial charge in [-0.25, -0.2) is 4.79 Å². The number of aryl methyl sites for hydroxylation is 1. The van der Waals surface area contributed by atoms with Crippen LogP contribution in [0.4, 0.5) is 0 Å². The Balaban J connectivity index is 1.59. The summed E-state index contributed by atoms with van der Waals surface area (Å²) in [6.07, 6.45) is 6.59. The van der Waals surface area contributed by atoms with Crippen LogP contribution in [0.2, 0.25) is 0 Å². The van der Waals surface area contributed by atoms with Gasteiger partial charge < -0.3 is 19.1 Å². The summed E-state index contributed by atoms with van der Waals surface area (Å²) < 4.78 is 12.3. The number of carboxylic acid groups (broad SMARTS) is 1. The molecule has 154 valence electrons. The first kappa shape index (κ1) is 20.9. The molecule has 2 aromatic carbocycles. The predicted octanol–water partition coefficient (Wildman–Crippen LogP) is 4.29. The molecule has 6 nitrogen and oxygen atoms in total. The molecule has 0 aliphatic heterocycles. The Morgan fingerprint density at radius 1 is 1.03 bits per heavy atom. The third kappa shape index (κ3) is 5.61. The van der Waals surface area contributed by atoms with Gasteiger partial charge in [0.05, 0.1) is 12.8 Å². The van der Waals surface area contributed by atoms with E-state index in [1.807, 2.05) is 47.2 Å². The van der Waals surface area contributed by atoms with Gasteiger partial charge in [-0.15, -0.1) is 0 Å². The van der Waals surface area contributed by atoms with Crippen LogP contribution in [-0.4, -0.2) is 35.1 Å². The molecule has 0 radical (unpaired) electrons. The molecule has 0 aliphatic rings. The van der Waals surface area contributed by atoms with E-state index in [-0.39, 0.29) is 12.4 Å². The van der Waals surface area contributed by atoms with Crippen LogP contribution >= 0.6 is 0 Å². The minimum absolute atomic E-state index is 0.0325. The van der Waals surface area contributed by atoms with Crippen molar-refractivity contribution in [1.82, 2.24) is 4.57 Å². The number of hydrogen-bond donors (Lipinski definition) is 1. The fourth-order valence-corrected chi connectivity index (χ4v) is 2.99. The molecule has 0 fully saturated rings. The van der Waals surface area contributed by atoms with Crippen molar-refractivity contribution < 1.29 is 24.2 Å². The number of methoxy groups -OCH3 is 1. The van der Waals surface area contributed by atoms with Crippen LogP contribution in [-0.2, 0) is 11.3 Å². The molecule has 30 heavy (non-hydrogen) atoms. The fraction of sp³-hybridized carbons (Fsp3) is 0.167. The standard InChI is InChI=1S/C24H23NO5/c1-29-20-12-10-19(11-13-20)24(28)22-9-5-15-25(22)14-3-2-6-18-7-4-8-21(16-18)30-17-23(26)27/h2,4-13,15-16H,3,14,17H2,1H3,(H,26,27). The van der Waals surface area contributed by atoms with Crippen LogP contribution in [0.5, 0.6) is 11.5 Å². The van der Waals surface area contributed by atoms with E-state index in [2.05, 4.69) is 0 Å². The maximum absolute atomic E-state index is 12.8. The van der Waals surface area contributed by atoms with Crippen LogP contribution in [0.15, 0.2) is 72.9 Å². The highest BCUT2D eigenvalue weighted by Crippen LogP contribution is 2.17. The lowest BCUT2D eigenvalue weighted by Crippen LogP contribution is -2.09. The van der Waals surface area contributed by atoms with Gasteiger partial charge in [0.2, 0.25) is 5.78 Å². The topological polar surface area (TPSA) is 77.8 Å². The van der Waals surface area contributed by atoms with Crippen molar-refractivity contribution in [3.05, 3.63) is 89.8 Å². The fourth-order valence-electron chi connectivity index (χ4n) is 2.99. The number of ketones is 1. The van der Waals surface area contributed by atoms with Gasteiger partial charge in [0.15, 0.2) is 6.61 Å². The highest BCUT2D eigenvalue weighted by Gasteiger charge is 2.13. The van der Waals surface area contributed by atoms with Crippen molar-refractivity contribution in [3.8, 4) is 11.5 Å². The monoisotopic (exact) mass is 405 g/mol. The lowest BCUT2D eigenvalue weighted by molar-refractivity contribution is -0.139. The molecule has 0 spiro atoms. The molecule has 3 aromatic rings. The van der Waals surface area contributed by atoms with Crippen molar-refractivity contribution >= 4 is 17.8 Å². The number of rotatable bonds is 10. The van der Waals surface area contributed by atoms with Crippen LogP contribution in [0, 0.1) is 0 Å². The SMILES string of the molecule is COc1ccc(C(=O)c2cccn2CCC=Cc2cccc(OCC(=O)O)c2)cc1. The Labute approximate surface area is 175 Å². The number of hydrogen-bond acceptors (Lipinski definition) is 4. The summed E-state index contributed by atoms with van der Waals surface area (Å²) in [4.78, 5) is 23.4. The summed E-state index contributed by atoms with van der Waals surface area (Å²) in [5.74, 6) is 0.180. The number of allylic oxidation sites excluding steroid dienone is 1. The average Bonchev–Trinajstić information content (AvgIpc) is 3.23. The zero-order chi connectivity index (χ0) is 21.3. The van der Waals surface area contributed by atoms with E-state index in [1.54, 1.807) is 43.5 Å². The van der Waals surface area contributed by atoms with Gasteiger partial charge in [0.1, 0.15) is 11.5 Å². The lowest BCUT2D eigenvalue weighted by atomic mass is 10.1. The first-order chi connectivity index (χ1) is 14.6. The zero-order valence-electron chi connectivity index (χ0n) is 16.7. The normalized spacial score (nSPS) is 10.8. The second kappa shape index (κ2) is 10.1. The van der Waals surface area contributed by atoms with E-state index < -0.39 is 5.97 Å². The summed E-state index contributed by atoms with van der Waals surface area (Å²) in [6, 6.07) is 18.0. The zero-order valence-corrected chi connectivity index (χ0v) is 16.7. The van der Waals surface area contributed by atoms with E-state index in [1.165, 1.54) is 0 Å². The molecule has 0 aliphatic carbocycles. The Hall–Kier alpha value is -3.80. The number of carboxylic acids is 1. The number of benzene rings is 2. The molecule has 1 N–H and O–H groups in total. The Bertz CT molecular complexity index is 1030. The Kier molecular flexibility index (Phi) is 7.05. The molecule has 0 amide bonds. The minimum atomic E-state index is -1.01. The Morgan fingerprint density at radius 3 is 2.57 bits per heavy atom. The van der Waals surface area contributed by atoms with Gasteiger partial charge in [-0.1, -0.05) is 24.3 Å². The maximum Gasteiger partial charge on any atom is 0.341 e. The first-order valence-corrected chi connectivity index (χ1v) is 9.52. The molecule has 0 saturated heterocycles. The molecule has 0 saturated carbocycles. The number of carbonyl (C=O) groups excluding carboxylic acids is 1. The summed E-state index contributed by atoms with van der Waals surface area (Å²) in [6.45, 7) is 0.293. The number of aromatic nitrogens is 1. The van der Waals surface area contributed by atoms with Crippen LogP contribution in [0.25, 0.3) is 6.08 Å². The molecular formula is C24H23NO5. The van der Waals surface area contributed by atoms with Gasteiger partial charge >= 0.3 is 5.97 Å². The number of ether oxygens (including phenoxy) is 2. The second-order valence-corrected chi connectivity index (χ2v) is 6.59. The number of carbonyl (C=O) groups is 2. The third-order valence-electron chi connectivity index (χ3n) is 4.48. The van der Waals surface area contributed by atoms with Gasteiger partial charge in [-0.3, -0.25) is 4.79 Å². The smallest absolute Gasteiger partial charge is 0.341 e. The van der Waals surface area contributed by atoms with Crippen LogP contribution < -0.4 is 9.47 Å². The van der Waals surface area contributed by atoms with Gasteiger partial charge in [-0.05, 0) is 60.5 Å². The molecule has 6 heteroatoms. The summed E-state index contributed by atoms with van der Waals surface area (Å²) in [5, 5.41) is 8.69. The summed E-state index contributed by atoms with van der Waals surface area (Å²) in [5.41, 5.74) is 2.17. The first-order valence-electron chi connectivity index (χ1n) is 9.52. The predicted molar refractivity (Wildman–Crippen MR) is 114 cm³/mol. The molecule has 0 atom stereocenters. The third-order valence-corrected chi connectivity index (χ3v) is 4.48. The van der Waals surface area contributed by atoms with Crippen molar-refractivity contribution in [2.75, 3.05) is 13.7 Å². The molecule has 0 unspecified atom stereocenters. The molecule has 0 bridgehead atoms. The maximum atomic E-state index is 12.8. The molecule has 1 heterocycles. The van der Waals surface area contributed by atoms with Crippen molar-refractivity contribution in [3.63, 3.8) is 0 Å². The highest BCUT2D eigenvalue weighted by atomic mass is 16.5. The Morgan fingerprint density at radius 2 is 1.83 bits per heavy atom. The van der Waals surface area contributed by atoms with E-state index in [9.17, 15) is 9.59 Å². The molecular weight excluding hydrogens is 382 g/mol. The molecule has 1 aromatic heterocycles. The highest BCUT2D eigenvalue weighted by molar-refractivity contribution is 6.08. The summed E-state index contributed by atoms with van der Waals surface area (Å²) in [7, 11) is 1.59. The van der Waals surface area contributed by atoms with Gasteiger partial charge in [0, 0.05) is 18.3 Å². The van der Waals surface area contributed by atoms with Gasteiger partial charge in [0.25, 0.3) is 0 Å². The number of nitrogens with zero attached hydrogens (tertiary/aromatic N) is 1. The van der Waals surface area contributed by atoms with Crippen molar-refractivity contribution in [2.24, 2.45) is 0 Å². The minimum Gasteiger partial charge on any atom is -0.497 e. The van der Waals surface area contributed by atoms with Crippen LogP contribution in [0.3, 0.4) is 0 Å². The lowest BCUT2D eigenvalue weighted by Gasteiger charge is -2.08. The largest absolute Gasteiger partial charge is 0.497 e. The van der Waals surface area contributed by atoms with E-state index in [4.69, 9.17) is 14.6 Å². The van der Waals surface area contributed by atoms with E-state index in [0.29, 0.717) is 29.3 Å². The molecule has 3 rings (SSSR count). The summed E-state index contributed by atoms with van der Waals surface area (Å²) >= 11 is 0. The van der Waals surface area contributed by atoms with E-state index >= 15 is 0 Å². The quantitative estimate of drug-likeness (QED) is 0.509. The second-order valence-electron chi connectivity index (χ2n) is 6.59.